The van der Waals surface area contributed by atoms with Gasteiger partial charge in [-0.05, 0) is 61.1 Å². The monoisotopic (exact) mass is 414 g/mol. The van der Waals surface area contributed by atoms with E-state index in [2.05, 4.69) is 18.1 Å². The van der Waals surface area contributed by atoms with E-state index in [1.165, 1.54) is 18.2 Å². The Labute approximate surface area is 172 Å². The summed E-state index contributed by atoms with van der Waals surface area (Å²) in [6.07, 6.45) is 1.20. The molecule has 0 bridgehead atoms. The first-order valence-corrected chi connectivity index (χ1v) is 9.97. The zero-order valence-electron chi connectivity index (χ0n) is 17.0. The average Bonchev–Trinajstić information content (AvgIpc) is 3.07. The molecule has 0 saturated carbocycles. The molecule has 0 saturated heterocycles. The highest BCUT2D eigenvalue weighted by molar-refractivity contribution is 5.64. The van der Waals surface area contributed by atoms with Crippen LogP contribution < -0.4 is 10.6 Å². The third kappa shape index (κ3) is 3.55. The topological polar surface area (TPSA) is 17.8 Å². The van der Waals surface area contributed by atoms with Gasteiger partial charge in [-0.2, -0.15) is 18.3 Å². The van der Waals surface area contributed by atoms with E-state index in [1.807, 2.05) is 19.9 Å². The molecule has 3 aromatic rings. The number of nitrogens with zero attached hydrogens (tertiary/aromatic N) is 2. The molecule has 0 amide bonds. The van der Waals surface area contributed by atoms with Crippen molar-refractivity contribution >= 4 is 12.2 Å². The van der Waals surface area contributed by atoms with Gasteiger partial charge in [-0.15, -0.1) is 0 Å². The van der Waals surface area contributed by atoms with Crippen molar-refractivity contribution in [1.82, 2.24) is 9.78 Å². The molecule has 1 aromatic heterocycles. The van der Waals surface area contributed by atoms with E-state index in [4.69, 9.17) is 0 Å². The van der Waals surface area contributed by atoms with Gasteiger partial charge in [0.15, 0.2) is 0 Å². The van der Waals surface area contributed by atoms with Gasteiger partial charge in [-0.25, -0.2) is 9.07 Å². The quantitative estimate of drug-likeness (QED) is 0.541. The van der Waals surface area contributed by atoms with E-state index >= 15 is 0 Å². The summed E-state index contributed by atoms with van der Waals surface area (Å²) >= 11 is 0. The molecule has 0 spiro atoms. The normalized spacial score (nSPS) is 16.0. The van der Waals surface area contributed by atoms with Crippen LogP contribution in [0.4, 0.5) is 17.6 Å². The lowest BCUT2D eigenvalue weighted by molar-refractivity contribution is -0.137. The molecule has 156 valence electrons. The number of aryl methyl sites for hydroxylation is 2. The van der Waals surface area contributed by atoms with E-state index in [9.17, 15) is 17.6 Å². The van der Waals surface area contributed by atoms with Crippen LogP contribution in [0.15, 0.2) is 36.4 Å². The summed E-state index contributed by atoms with van der Waals surface area (Å²) in [5, 5.41) is 6.24. The lowest BCUT2D eigenvalue weighted by Gasteiger charge is -2.11. The van der Waals surface area contributed by atoms with Crippen LogP contribution in [0.25, 0.3) is 29.1 Å². The minimum atomic E-state index is -4.40. The smallest absolute Gasteiger partial charge is 0.230 e. The van der Waals surface area contributed by atoms with Crippen LogP contribution in [0.3, 0.4) is 0 Å². The number of hydrogen-bond acceptors (Lipinski definition) is 1. The van der Waals surface area contributed by atoms with Crippen molar-refractivity contribution in [3.63, 3.8) is 0 Å². The van der Waals surface area contributed by atoms with Crippen LogP contribution in [0.1, 0.15) is 37.0 Å². The number of aromatic nitrogens is 2. The van der Waals surface area contributed by atoms with Crippen molar-refractivity contribution < 1.29 is 17.6 Å². The highest BCUT2D eigenvalue weighted by Crippen LogP contribution is 2.30. The van der Waals surface area contributed by atoms with Crippen molar-refractivity contribution in [2.45, 2.75) is 39.8 Å². The fourth-order valence-electron chi connectivity index (χ4n) is 3.92. The first-order chi connectivity index (χ1) is 14.2. The van der Waals surface area contributed by atoms with Crippen LogP contribution >= 0.6 is 0 Å². The van der Waals surface area contributed by atoms with Crippen LogP contribution in [0, 0.1) is 18.7 Å². The number of benzene rings is 2. The molecular formula is C24H22F4N2. The zero-order chi connectivity index (χ0) is 21.6. The van der Waals surface area contributed by atoms with E-state index < -0.39 is 11.7 Å². The SMILES string of the molecule is CCc1cc(F)c(-n2nc(-c3ccc(C(F)(F)F)cc3)c3c2=CCC(C)C=3)cc1C. The molecular weight excluding hydrogens is 392 g/mol. The lowest BCUT2D eigenvalue weighted by atomic mass is 9.99. The van der Waals surface area contributed by atoms with Crippen LogP contribution in [0.5, 0.6) is 0 Å². The molecule has 2 nitrogen and oxygen atoms in total. The third-order valence-corrected chi connectivity index (χ3v) is 5.59. The average molecular weight is 414 g/mol. The molecule has 2 aromatic carbocycles. The summed E-state index contributed by atoms with van der Waals surface area (Å²) in [6.45, 7) is 5.98. The molecule has 1 aliphatic rings. The van der Waals surface area contributed by atoms with Gasteiger partial charge in [-0.3, -0.25) is 0 Å². The maximum Gasteiger partial charge on any atom is 0.416 e. The van der Waals surface area contributed by atoms with Crippen molar-refractivity contribution in [1.29, 1.82) is 0 Å². The molecule has 30 heavy (non-hydrogen) atoms. The summed E-state index contributed by atoms with van der Waals surface area (Å²) in [5.74, 6) is -0.105. The van der Waals surface area contributed by atoms with E-state index in [-0.39, 0.29) is 11.7 Å². The van der Waals surface area contributed by atoms with E-state index in [1.54, 1.807) is 10.7 Å². The van der Waals surface area contributed by atoms with Gasteiger partial charge in [0.2, 0.25) is 0 Å². The Morgan fingerprint density at radius 1 is 1.13 bits per heavy atom. The second kappa shape index (κ2) is 7.42. The van der Waals surface area contributed by atoms with E-state index in [0.717, 1.165) is 46.7 Å². The molecule has 6 heteroatoms. The molecule has 0 N–H and O–H groups in total. The fraction of sp³-hybridized carbons (Fsp3) is 0.292. The fourth-order valence-corrected chi connectivity index (χ4v) is 3.92. The Hall–Kier alpha value is -2.89. The number of rotatable bonds is 3. The second-order valence-corrected chi connectivity index (χ2v) is 7.80. The Morgan fingerprint density at radius 2 is 1.83 bits per heavy atom. The molecule has 4 rings (SSSR count). The van der Waals surface area contributed by atoms with Gasteiger partial charge < -0.3 is 0 Å². The van der Waals surface area contributed by atoms with Gasteiger partial charge in [0.05, 0.1) is 10.9 Å². The molecule has 1 heterocycles. The molecule has 0 radical (unpaired) electrons. The zero-order valence-corrected chi connectivity index (χ0v) is 17.0. The number of halogens is 4. The van der Waals surface area contributed by atoms with Gasteiger partial charge in [0.1, 0.15) is 17.2 Å². The summed E-state index contributed by atoms with van der Waals surface area (Å²) in [5.41, 5.74) is 2.67. The standard InChI is InChI=1S/C24H22F4N2/c1-4-16-13-20(25)22(12-15(16)3)30-21-10-5-14(2)11-19(21)23(29-30)17-6-8-18(9-7-17)24(26,27)28/h6-14H,4-5H2,1-3H3. The minimum absolute atomic E-state index is 0.261. The van der Waals surface area contributed by atoms with Crippen molar-refractivity contribution in [3.05, 3.63) is 69.5 Å². The summed E-state index contributed by atoms with van der Waals surface area (Å²) in [4.78, 5) is 0. The van der Waals surface area contributed by atoms with Crippen molar-refractivity contribution in [2.24, 2.45) is 5.92 Å². The summed E-state index contributed by atoms with van der Waals surface area (Å²) in [7, 11) is 0. The lowest BCUT2D eigenvalue weighted by Crippen LogP contribution is -2.32. The Kier molecular flexibility index (Phi) is 5.04. The van der Waals surface area contributed by atoms with Crippen molar-refractivity contribution in [2.75, 3.05) is 0 Å². The largest absolute Gasteiger partial charge is 0.416 e. The predicted octanol–water partition coefficient (Wildman–Crippen LogP) is 5.17. The second-order valence-electron chi connectivity index (χ2n) is 7.80. The summed E-state index contributed by atoms with van der Waals surface area (Å²) < 4.78 is 55.3. The van der Waals surface area contributed by atoms with Crippen molar-refractivity contribution in [3.8, 4) is 16.9 Å². The predicted molar refractivity (Wildman–Crippen MR) is 110 cm³/mol. The molecule has 1 aliphatic carbocycles. The van der Waals surface area contributed by atoms with Gasteiger partial charge in [0, 0.05) is 10.8 Å². The van der Waals surface area contributed by atoms with Crippen LogP contribution in [-0.4, -0.2) is 9.78 Å². The minimum Gasteiger partial charge on any atom is -0.230 e. The molecule has 0 fully saturated rings. The number of fused-ring (bicyclic) bond motifs is 1. The molecule has 1 atom stereocenters. The Morgan fingerprint density at radius 3 is 2.47 bits per heavy atom. The van der Waals surface area contributed by atoms with Crippen LogP contribution in [0.2, 0.25) is 0 Å². The van der Waals surface area contributed by atoms with Gasteiger partial charge in [-0.1, -0.05) is 38.1 Å². The van der Waals surface area contributed by atoms with Crippen LogP contribution in [-0.2, 0) is 12.6 Å². The van der Waals surface area contributed by atoms with Gasteiger partial charge >= 0.3 is 6.18 Å². The Bertz CT molecular complexity index is 1220. The third-order valence-electron chi connectivity index (χ3n) is 5.59. The first-order valence-electron chi connectivity index (χ1n) is 9.97. The first kappa shape index (κ1) is 20.4. The van der Waals surface area contributed by atoms with Gasteiger partial charge in [0.25, 0.3) is 0 Å². The number of hydrogen-bond donors (Lipinski definition) is 0. The molecule has 0 aliphatic heterocycles. The maximum atomic E-state index is 14.9. The maximum absolute atomic E-state index is 14.9. The highest BCUT2D eigenvalue weighted by Gasteiger charge is 2.30. The summed E-state index contributed by atoms with van der Waals surface area (Å²) in [6, 6.07) is 8.26. The molecule has 1 unspecified atom stereocenters. The Balaban J connectivity index is 1.93. The number of alkyl halides is 3. The van der Waals surface area contributed by atoms with E-state index in [0.29, 0.717) is 16.9 Å². The highest BCUT2D eigenvalue weighted by atomic mass is 19.4.